The highest BCUT2D eigenvalue weighted by molar-refractivity contribution is 6.14. The van der Waals surface area contributed by atoms with Crippen molar-refractivity contribution in [1.29, 1.82) is 0 Å². The molecule has 0 radical (unpaired) electrons. The first-order valence-electron chi connectivity index (χ1n) is 9.50. The lowest BCUT2D eigenvalue weighted by molar-refractivity contribution is 0.0937. The molecule has 0 spiro atoms. The van der Waals surface area contributed by atoms with Crippen LogP contribution in [0.4, 0.5) is 0 Å². The van der Waals surface area contributed by atoms with Crippen molar-refractivity contribution in [3.05, 3.63) is 69.6 Å². The van der Waals surface area contributed by atoms with Crippen molar-refractivity contribution < 1.29 is 19.4 Å². The molecule has 29 heavy (non-hydrogen) atoms. The maximum Gasteiger partial charge on any atom is 0.336 e. The van der Waals surface area contributed by atoms with Gasteiger partial charge in [0, 0.05) is 23.1 Å². The van der Waals surface area contributed by atoms with Gasteiger partial charge in [0.25, 0.3) is 0 Å². The summed E-state index contributed by atoms with van der Waals surface area (Å²) in [5.41, 5.74) is 1.56. The number of fused-ring (bicyclic) bond motifs is 1. The van der Waals surface area contributed by atoms with Gasteiger partial charge >= 0.3 is 5.63 Å². The van der Waals surface area contributed by atoms with Gasteiger partial charge < -0.3 is 14.6 Å². The van der Waals surface area contributed by atoms with Gasteiger partial charge in [-0.25, -0.2) is 4.79 Å². The monoisotopic (exact) mass is 392 g/mol. The van der Waals surface area contributed by atoms with Crippen LogP contribution in [0.2, 0.25) is 0 Å². The van der Waals surface area contributed by atoms with E-state index in [2.05, 4.69) is 0 Å². The van der Waals surface area contributed by atoms with Gasteiger partial charge in [0.2, 0.25) is 0 Å². The van der Waals surface area contributed by atoms with E-state index in [1.54, 1.807) is 26.0 Å². The maximum absolute atomic E-state index is 12.9. The molecule has 0 bridgehead atoms. The highest BCUT2D eigenvalue weighted by Gasteiger charge is 2.28. The lowest BCUT2D eigenvalue weighted by atomic mass is 9.90. The first-order chi connectivity index (χ1) is 13.7. The summed E-state index contributed by atoms with van der Waals surface area (Å²) < 4.78 is 5.36. The van der Waals surface area contributed by atoms with Gasteiger partial charge in [0.1, 0.15) is 17.1 Å². The van der Waals surface area contributed by atoms with Crippen molar-refractivity contribution in [3.63, 3.8) is 0 Å². The van der Waals surface area contributed by atoms with Crippen LogP contribution in [0.25, 0.3) is 22.1 Å². The zero-order valence-electron chi connectivity index (χ0n) is 16.9. The number of carbonyl (C=O) groups is 1. The minimum absolute atomic E-state index is 0.0696. The van der Waals surface area contributed by atoms with Crippen LogP contribution < -0.4 is 5.63 Å². The molecule has 0 amide bonds. The van der Waals surface area contributed by atoms with Crippen LogP contribution in [0.3, 0.4) is 0 Å². The second-order valence-corrected chi connectivity index (χ2v) is 7.60. The summed E-state index contributed by atoms with van der Waals surface area (Å²) >= 11 is 0. The van der Waals surface area contributed by atoms with Crippen molar-refractivity contribution in [3.8, 4) is 22.6 Å². The molecule has 5 heteroatoms. The lowest BCUT2D eigenvalue weighted by Crippen LogP contribution is -2.11. The fraction of sp³-hybridized carbons (Fsp3) is 0.250. The van der Waals surface area contributed by atoms with E-state index >= 15 is 0 Å². The molecule has 2 N–H and O–H groups in total. The van der Waals surface area contributed by atoms with Gasteiger partial charge in [-0.2, -0.15) is 0 Å². The summed E-state index contributed by atoms with van der Waals surface area (Å²) in [5.74, 6) is -1.34. The summed E-state index contributed by atoms with van der Waals surface area (Å²) in [4.78, 5) is 25.2. The average Bonchev–Trinajstić information content (AvgIpc) is 2.67. The van der Waals surface area contributed by atoms with Crippen molar-refractivity contribution in [2.75, 3.05) is 0 Å². The van der Waals surface area contributed by atoms with E-state index in [9.17, 15) is 19.8 Å². The van der Waals surface area contributed by atoms with Gasteiger partial charge in [0.05, 0.1) is 5.39 Å². The number of ketones is 1. The molecule has 150 valence electrons. The third kappa shape index (κ3) is 3.81. The summed E-state index contributed by atoms with van der Waals surface area (Å²) in [5, 5.41) is 22.2. The van der Waals surface area contributed by atoms with Gasteiger partial charge in [-0.15, -0.1) is 0 Å². The molecule has 0 atom stereocenters. The fourth-order valence-corrected chi connectivity index (χ4v) is 3.29. The Morgan fingerprint density at radius 2 is 1.76 bits per heavy atom. The number of hydrogen-bond acceptors (Lipinski definition) is 5. The number of benzene rings is 2. The largest absolute Gasteiger partial charge is 0.507 e. The van der Waals surface area contributed by atoms with Crippen molar-refractivity contribution in [2.45, 2.75) is 34.1 Å². The molecule has 1 aromatic heterocycles. The number of rotatable bonds is 5. The summed E-state index contributed by atoms with van der Waals surface area (Å²) in [6, 6.07) is 10.4. The fourth-order valence-electron chi connectivity index (χ4n) is 3.29. The first-order valence-corrected chi connectivity index (χ1v) is 9.50. The predicted octanol–water partition coefficient (Wildman–Crippen LogP) is 5.22. The standard InChI is InChI=1S/C24H24O5/c1-13(2)10-11-16-22(27)19-17(15-8-6-5-7-9-15)12-18(25)29-24(19)20(23(16)28)21(26)14(3)4/h5-10,12,14,27-28H,11H2,1-4H3. The number of hydrogen-bond donors (Lipinski definition) is 2. The van der Waals surface area contributed by atoms with E-state index in [4.69, 9.17) is 4.42 Å². The molecule has 5 nitrogen and oxygen atoms in total. The van der Waals surface area contributed by atoms with Crippen LogP contribution in [0, 0.1) is 5.92 Å². The Bertz CT molecular complexity index is 1160. The van der Waals surface area contributed by atoms with Crippen LogP contribution in [-0.4, -0.2) is 16.0 Å². The molecule has 0 saturated heterocycles. The van der Waals surface area contributed by atoms with Crippen LogP contribution in [-0.2, 0) is 6.42 Å². The van der Waals surface area contributed by atoms with E-state index < -0.39 is 11.5 Å². The van der Waals surface area contributed by atoms with Crippen molar-refractivity contribution >= 4 is 16.8 Å². The maximum atomic E-state index is 12.9. The van der Waals surface area contributed by atoms with E-state index in [-0.39, 0.29) is 45.8 Å². The van der Waals surface area contributed by atoms with Crippen LogP contribution in [0.1, 0.15) is 43.6 Å². The zero-order chi connectivity index (χ0) is 21.3. The van der Waals surface area contributed by atoms with Crippen molar-refractivity contribution in [2.24, 2.45) is 5.92 Å². The Kier molecular flexibility index (Phi) is 5.59. The Morgan fingerprint density at radius 1 is 1.10 bits per heavy atom. The second-order valence-electron chi connectivity index (χ2n) is 7.60. The molecule has 0 fully saturated rings. The highest BCUT2D eigenvalue weighted by atomic mass is 16.4. The van der Waals surface area contributed by atoms with Crippen LogP contribution in [0.5, 0.6) is 11.5 Å². The molecule has 3 aromatic rings. The zero-order valence-corrected chi connectivity index (χ0v) is 16.9. The molecule has 0 aliphatic rings. The molecule has 3 rings (SSSR count). The Hall–Kier alpha value is -3.34. The SMILES string of the molecule is CC(C)=CCc1c(O)c(C(=O)C(C)C)c2oc(=O)cc(-c3ccccc3)c2c1O. The normalized spacial score (nSPS) is 11.1. The van der Waals surface area contributed by atoms with Crippen molar-refractivity contribution in [1.82, 2.24) is 0 Å². The van der Waals surface area contributed by atoms with Gasteiger partial charge in [0.15, 0.2) is 11.4 Å². The van der Waals surface area contributed by atoms with Crippen LogP contribution in [0.15, 0.2) is 57.3 Å². The van der Waals surface area contributed by atoms with Gasteiger partial charge in [-0.3, -0.25) is 4.79 Å². The third-order valence-corrected chi connectivity index (χ3v) is 4.80. The number of phenols is 2. The topological polar surface area (TPSA) is 87.7 Å². The van der Waals surface area contributed by atoms with Gasteiger partial charge in [-0.1, -0.05) is 55.8 Å². The smallest absolute Gasteiger partial charge is 0.336 e. The Labute approximate surface area is 168 Å². The number of Topliss-reactive ketones (excluding diaryl/α,β-unsaturated/α-hetero) is 1. The molecule has 0 aliphatic carbocycles. The molecular weight excluding hydrogens is 368 g/mol. The molecule has 0 unspecified atom stereocenters. The second kappa shape index (κ2) is 7.95. The van der Waals surface area contributed by atoms with Crippen LogP contribution >= 0.6 is 0 Å². The minimum Gasteiger partial charge on any atom is -0.507 e. The summed E-state index contributed by atoms with van der Waals surface area (Å²) in [6.45, 7) is 7.22. The molecule has 2 aromatic carbocycles. The minimum atomic E-state index is -0.662. The highest BCUT2D eigenvalue weighted by Crippen LogP contribution is 2.44. The number of carbonyl (C=O) groups excluding carboxylic acids is 1. The Morgan fingerprint density at radius 3 is 2.34 bits per heavy atom. The quantitative estimate of drug-likeness (QED) is 0.353. The number of phenolic OH excluding ortho intramolecular Hbond substituents is 2. The first kappa shape index (κ1) is 20.4. The van der Waals surface area contributed by atoms with E-state index in [0.717, 1.165) is 5.57 Å². The molecule has 1 heterocycles. The Balaban J connectivity index is 2.52. The van der Waals surface area contributed by atoms with Gasteiger partial charge in [-0.05, 0) is 25.8 Å². The van der Waals surface area contributed by atoms with E-state index in [1.807, 2.05) is 38.1 Å². The third-order valence-electron chi connectivity index (χ3n) is 4.80. The average molecular weight is 392 g/mol. The lowest BCUT2D eigenvalue weighted by Gasteiger charge is -2.17. The molecule has 0 saturated carbocycles. The predicted molar refractivity (Wildman–Crippen MR) is 114 cm³/mol. The van der Waals surface area contributed by atoms with E-state index in [1.165, 1.54) is 6.07 Å². The van der Waals surface area contributed by atoms with E-state index in [0.29, 0.717) is 11.1 Å². The summed E-state index contributed by atoms with van der Waals surface area (Å²) in [6.07, 6.45) is 2.09. The number of allylic oxidation sites excluding steroid dienone is 2. The molecule has 0 aliphatic heterocycles. The number of aromatic hydroxyl groups is 2. The molecular formula is C24H24O5. The summed E-state index contributed by atoms with van der Waals surface area (Å²) in [7, 11) is 0.